The zero-order valence-electron chi connectivity index (χ0n) is 9.85. The molecule has 1 saturated heterocycles. The molecule has 1 aliphatic heterocycles. The summed E-state index contributed by atoms with van der Waals surface area (Å²) in [7, 11) is 1.72. The van der Waals surface area contributed by atoms with Crippen molar-refractivity contribution < 1.29 is 4.74 Å². The standard InChI is InChI=1S/C11H19N3OS/c1-9(7-15-2)13-11-12-4-5-14(11)10-3-6-16-8-10/h4-5,9-10H,3,6-8H2,1-2H3,(H,12,13). The van der Waals surface area contributed by atoms with Crippen molar-refractivity contribution in [2.75, 3.05) is 30.5 Å². The van der Waals surface area contributed by atoms with Gasteiger partial charge in [-0.1, -0.05) is 0 Å². The maximum Gasteiger partial charge on any atom is 0.203 e. The predicted molar refractivity (Wildman–Crippen MR) is 68.2 cm³/mol. The summed E-state index contributed by atoms with van der Waals surface area (Å²) < 4.78 is 7.37. The second-order valence-electron chi connectivity index (χ2n) is 4.18. The fraction of sp³-hybridized carbons (Fsp3) is 0.727. The quantitative estimate of drug-likeness (QED) is 0.856. The Hall–Kier alpha value is -0.680. The number of imidazole rings is 1. The molecule has 5 heteroatoms. The predicted octanol–water partition coefficient (Wildman–Crippen LogP) is 2.01. The molecule has 0 amide bonds. The lowest BCUT2D eigenvalue weighted by Gasteiger charge is -2.18. The van der Waals surface area contributed by atoms with Crippen molar-refractivity contribution in [3.8, 4) is 0 Å². The van der Waals surface area contributed by atoms with Crippen molar-refractivity contribution in [1.29, 1.82) is 0 Å². The van der Waals surface area contributed by atoms with Gasteiger partial charge in [-0.2, -0.15) is 11.8 Å². The molecule has 1 aliphatic rings. The summed E-state index contributed by atoms with van der Waals surface area (Å²) in [6.45, 7) is 2.80. The van der Waals surface area contributed by atoms with Gasteiger partial charge in [-0.15, -0.1) is 0 Å². The summed E-state index contributed by atoms with van der Waals surface area (Å²) in [5, 5.41) is 3.39. The molecule has 0 aliphatic carbocycles. The Morgan fingerprint density at radius 1 is 1.75 bits per heavy atom. The number of hydrogen-bond donors (Lipinski definition) is 1. The van der Waals surface area contributed by atoms with Crippen molar-refractivity contribution in [2.24, 2.45) is 0 Å². The van der Waals surface area contributed by atoms with Crippen molar-refractivity contribution in [3.05, 3.63) is 12.4 Å². The topological polar surface area (TPSA) is 39.1 Å². The molecule has 0 radical (unpaired) electrons. The van der Waals surface area contributed by atoms with Crippen molar-refractivity contribution in [3.63, 3.8) is 0 Å². The average molecular weight is 241 g/mol. The number of nitrogens with zero attached hydrogens (tertiary/aromatic N) is 2. The third-order valence-corrected chi connectivity index (χ3v) is 3.90. The van der Waals surface area contributed by atoms with Gasteiger partial charge in [0.05, 0.1) is 6.61 Å². The number of anilines is 1. The summed E-state index contributed by atoms with van der Waals surface area (Å²) in [5.74, 6) is 3.43. The highest BCUT2D eigenvalue weighted by Gasteiger charge is 2.20. The Bertz CT molecular complexity index is 323. The first-order chi connectivity index (χ1) is 7.81. The number of hydrogen-bond acceptors (Lipinski definition) is 4. The summed E-state index contributed by atoms with van der Waals surface area (Å²) >= 11 is 2.02. The Morgan fingerprint density at radius 3 is 3.31 bits per heavy atom. The number of nitrogens with one attached hydrogen (secondary N) is 1. The lowest BCUT2D eigenvalue weighted by Crippen LogP contribution is -2.24. The Morgan fingerprint density at radius 2 is 2.62 bits per heavy atom. The number of methoxy groups -OCH3 is 1. The van der Waals surface area contributed by atoms with Crippen LogP contribution >= 0.6 is 11.8 Å². The molecule has 0 bridgehead atoms. The molecule has 1 aromatic rings. The van der Waals surface area contributed by atoms with Gasteiger partial charge in [0.2, 0.25) is 5.95 Å². The lowest BCUT2D eigenvalue weighted by molar-refractivity contribution is 0.190. The molecule has 16 heavy (non-hydrogen) atoms. The summed E-state index contributed by atoms with van der Waals surface area (Å²) in [6.07, 6.45) is 5.18. The molecule has 0 aromatic carbocycles. The molecule has 2 atom stereocenters. The van der Waals surface area contributed by atoms with E-state index in [1.165, 1.54) is 17.9 Å². The monoisotopic (exact) mass is 241 g/mol. The number of thioether (sulfide) groups is 1. The number of rotatable bonds is 5. The van der Waals surface area contributed by atoms with E-state index in [0.717, 1.165) is 5.95 Å². The minimum Gasteiger partial charge on any atom is -0.383 e. The van der Waals surface area contributed by atoms with Gasteiger partial charge in [0.1, 0.15) is 0 Å². The molecule has 1 aromatic heterocycles. The van der Waals surface area contributed by atoms with Crippen LogP contribution in [0.5, 0.6) is 0 Å². The highest BCUT2D eigenvalue weighted by Crippen LogP contribution is 2.29. The molecular formula is C11H19N3OS. The van der Waals surface area contributed by atoms with E-state index in [1.807, 2.05) is 18.0 Å². The summed E-state index contributed by atoms with van der Waals surface area (Å²) in [4.78, 5) is 4.37. The smallest absolute Gasteiger partial charge is 0.203 e. The second-order valence-corrected chi connectivity index (χ2v) is 5.33. The maximum absolute atomic E-state index is 5.11. The van der Waals surface area contributed by atoms with Crippen LogP contribution in [0.3, 0.4) is 0 Å². The zero-order valence-corrected chi connectivity index (χ0v) is 10.7. The molecule has 90 valence electrons. The van der Waals surface area contributed by atoms with Crippen LogP contribution in [-0.4, -0.2) is 40.8 Å². The van der Waals surface area contributed by atoms with Gasteiger partial charge >= 0.3 is 0 Å². The van der Waals surface area contributed by atoms with Crippen molar-refractivity contribution >= 4 is 17.7 Å². The van der Waals surface area contributed by atoms with Crippen LogP contribution in [0.1, 0.15) is 19.4 Å². The van der Waals surface area contributed by atoms with Crippen LogP contribution in [0, 0.1) is 0 Å². The SMILES string of the molecule is COCC(C)Nc1nccn1C1CCSC1. The van der Waals surface area contributed by atoms with E-state index in [1.54, 1.807) is 7.11 Å². The third-order valence-electron chi connectivity index (χ3n) is 2.76. The minimum atomic E-state index is 0.292. The van der Waals surface area contributed by atoms with Crippen molar-refractivity contribution in [2.45, 2.75) is 25.4 Å². The first-order valence-electron chi connectivity index (χ1n) is 5.67. The van der Waals surface area contributed by atoms with Crippen molar-refractivity contribution in [1.82, 2.24) is 9.55 Å². The van der Waals surface area contributed by atoms with E-state index in [-0.39, 0.29) is 0 Å². The fourth-order valence-electron chi connectivity index (χ4n) is 1.97. The lowest BCUT2D eigenvalue weighted by atomic mass is 10.2. The molecule has 2 heterocycles. The first kappa shape index (κ1) is 11.8. The minimum absolute atomic E-state index is 0.292. The van der Waals surface area contributed by atoms with Crippen LogP contribution in [0.4, 0.5) is 5.95 Å². The molecule has 4 nitrogen and oxygen atoms in total. The summed E-state index contributed by atoms with van der Waals surface area (Å²) in [5.41, 5.74) is 0. The molecule has 1 N–H and O–H groups in total. The van der Waals surface area contributed by atoms with Gasteiger partial charge in [0, 0.05) is 37.3 Å². The number of ether oxygens (including phenoxy) is 1. The van der Waals surface area contributed by atoms with Gasteiger partial charge < -0.3 is 14.6 Å². The molecule has 0 spiro atoms. The van der Waals surface area contributed by atoms with Gasteiger partial charge in [-0.3, -0.25) is 0 Å². The molecule has 0 saturated carbocycles. The third kappa shape index (κ3) is 2.71. The maximum atomic E-state index is 5.11. The Kier molecular flexibility index (Phi) is 4.12. The van der Waals surface area contributed by atoms with Crippen LogP contribution in [0.15, 0.2) is 12.4 Å². The van der Waals surface area contributed by atoms with E-state index in [4.69, 9.17) is 4.74 Å². The summed E-state index contributed by atoms with van der Waals surface area (Å²) in [6, 6.07) is 0.893. The van der Waals surface area contributed by atoms with Crippen LogP contribution in [0.2, 0.25) is 0 Å². The molecular weight excluding hydrogens is 222 g/mol. The second kappa shape index (κ2) is 5.59. The highest BCUT2D eigenvalue weighted by atomic mass is 32.2. The van der Waals surface area contributed by atoms with E-state index in [9.17, 15) is 0 Å². The van der Waals surface area contributed by atoms with Crippen LogP contribution in [0.25, 0.3) is 0 Å². The van der Waals surface area contributed by atoms with Crippen LogP contribution < -0.4 is 5.32 Å². The zero-order chi connectivity index (χ0) is 11.4. The van der Waals surface area contributed by atoms with Crippen LogP contribution in [-0.2, 0) is 4.74 Å². The van der Waals surface area contributed by atoms with E-state index < -0.39 is 0 Å². The van der Waals surface area contributed by atoms with E-state index in [2.05, 4.69) is 28.0 Å². The van der Waals surface area contributed by atoms with Gasteiger partial charge in [0.25, 0.3) is 0 Å². The molecule has 1 fully saturated rings. The van der Waals surface area contributed by atoms with Gasteiger partial charge in [-0.05, 0) is 19.1 Å². The van der Waals surface area contributed by atoms with E-state index in [0.29, 0.717) is 18.7 Å². The van der Waals surface area contributed by atoms with E-state index >= 15 is 0 Å². The van der Waals surface area contributed by atoms with Gasteiger partial charge in [0.15, 0.2) is 0 Å². The molecule has 2 rings (SSSR count). The highest BCUT2D eigenvalue weighted by molar-refractivity contribution is 7.99. The van der Waals surface area contributed by atoms with Gasteiger partial charge in [-0.25, -0.2) is 4.98 Å². The molecule has 2 unspecified atom stereocenters. The first-order valence-corrected chi connectivity index (χ1v) is 6.82. The average Bonchev–Trinajstić information content (AvgIpc) is 2.86. The fourth-order valence-corrected chi connectivity index (χ4v) is 3.18. The largest absolute Gasteiger partial charge is 0.383 e. The number of aromatic nitrogens is 2. The Balaban J connectivity index is 2.00. The normalized spacial score (nSPS) is 22.2. The Labute approximate surface area is 101 Å².